The minimum atomic E-state index is -0.532. The van der Waals surface area contributed by atoms with E-state index in [1.165, 1.54) is 5.56 Å². The number of nitrogens with one attached hydrogen (secondary N) is 2. The Bertz CT molecular complexity index is 729. The molecule has 2 N–H and O–H groups in total. The number of hydrogen-bond donors (Lipinski definition) is 2. The summed E-state index contributed by atoms with van der Waals surface area (Å²) >= 11 is 0. The summed E-state index contributed by atoms with van der Waals surface area (Å²) < 4.78 is 4.94. The van der Waals surface area contributed by atoms with Gasteiger partial charge in [-0.3, -0.25) is 4.79 Å². The van der Waals surface area contributed by atoms with Crippen LogP contribution in [0.2, 0.25) is 0 Å². The number of alkyl carbamates (subject to hydrolysis) is 1. The molecule has 2 aromatic carbocycles. The van der Waals surface area contributed by atoms with Crippen molar-refractivity contribution in [1.29, 1.82) is 0 Å². The van der Waals surface area contributed by atoms with Gasteiger partial charge in [0.1, 0.15) is 0 Å². The first-order valence-electron chi connectivity index (χ1n) is 8.35. The fourth-order valence-electron chi connectivity index (χ4n) is 2.47. The average Bonchev–Trinajstić information content (AvgIpc) is 2.58. The Morgan fingerprint density at radius 1 is 1.04 bits per heavy atom. The Morgan fingerprint density at radius 2 is 1.76 bits per heavy atom. The molecule has 1 atom stereocenters. The second-order valence-corrected chi connectivity index (χ2v) is 5.88. The number of amides is 2. The molecule has 5 heteroatoms. The highest BCUT2D eigenvalue weighted by atomic mass is 16.5. The lowest BCUT2D eigenvalue weighted by atomic mass is 10.0. The van der Waals surface area contributed by atoms with E-state index in [9.17, 15) is 9.59 Å². The van der Waals surface area contributed by atoms with Crippen LogP contribution < -0.4 is 10.6 Å². The predicted octanol–water partition coefficient (Wildman–Crippen LogP) is 4.12. The van der Waals surface area contributed by atoms with E-state index in [-0.39, 0.29) is 18.9 Å². The number of hydrogen-bond acceptors (Lipinski definition) is 3. The predicted molar refractivity (Wildman–Crippen MR) is 98.5 cm³/mol. The number of aryl methyl sites for hydroxylation is 2. The second-order valence-electron chi connectivity index (χ2n) is 5.88. The first-order chi connectivity index (χ1) is 12.0. The average molecular weight is 340 g/mol. The van der Waals surface area contributed by atoms with Crippen LogP contribution in [0, 0.1) is 13.8 Å². The van der Waals surface area contributed by atoms with Crippen LogP contribution in [0.25, 0.3) is 0 Å². The van der Waals surface area contributed by atoms with Gasteiger partial charge in [-0.1, -0.05) is 36.4 Å². The topological polar surface area (TPSA) is 67.4 Å². The minimum Gasteiger partial charge on any atom is -0.450 e. The molecule has 0 saturated heterocycles. The van der Waals surface area contributed by atoms with Gasteiger partial charge in [-0.05, 0) is 49.6 Å². The molecule has 0 spiro atoms. The molecule has 0 radical (unpaired) electrons. The van der Waals surface area contributed by atoms with Gasteiger partial charge in [-0.2, -0.15) is 0 Å². The molecule has 0 saturated carbocycles. The second kappa shape index (κ2) is 8.87. The quantitative estimate of drug-likeness (QED) is 0.831. The third-order valence-electron chi connectivity index (χ3n) is 3.95. The van der Waals surface area contributed by atoms with Crippen LogP contribution in [-0.4, -0.2) is 18.6 Å². The molecule has 0 aromatic heterocycles. The molecule has 0 unspecified atom stereocenters. The lowest BCUT2D eigenvalue weighted by Crippen LogP contribution is -2.32. The van der Waals surface area contributed by atoms with Crippen molar-refractivity contribution in [3.05, 3.63) is 65.2 Å². The van der Waals surface area contributed by atoms with Gasteiger partial charge in [0.05, 0.1) is 19.1 Å². The highest BCUT2D eigenvalue weighted by Crippen LogP contribution is 2.19. The molecule has 132 valence electrons. The Labute approximate surface area is 148 Å². The number of rotatable bonds is 6. The van der Waals surface area contributed by atoms with Crippen LogP contribution in [0.3, 0.4) is 0 Å². The van der Waals surface area contributed by atoms with Crippen molar-refractivity contribution in [2.45, 2.75) is 33.2 Å². The molecule has 0 bridgehead atoms. The van der Waals surface area contributed by atoms with E-state index in [2.05, 4.69) is 10.6 Å². The number of anilines is 1. The van der Waals surface area contributed by atoms with Gasteiger partial charge >= 0.3 is 6.09 Å². The van der Waals surface area contributed by atoms with Crippen LogP contribution in [0.5, 0.6) is 0 Å². The zero-order valence-corrected chi connectivity index (χ0v) is 14.8. The number of ether oxygens (including phenoxy) is 1. The summed E-state index contributed by atoms with van der Waals surface area (Å²) in [5.41, 5.74) is 3.88. The standard InChI is InChI=1S/C20H24N2O3/c1-4-25-20(24)22-18(16-8-6-5-7-9-16)13-19(23)21-17-11-10-14(2)15(3)12-17/h5-12,18H,4,13H2,1-3H3,(H,21,23)(H,22,24)/t18-/m0/s1. The molecule has 2 rings (SSSR count). The SMILES string of the molecule is CCOC(=O)N[C@@H](CC(=O)Nc1ccc(C)c(C)c1)c1ccccc1. The summed E-state index contributed by atoms with van der Waals surface area (Å²) in [7, 11) is 0. The maximum Gasteiger partial charge on any atom is 0.407 e. The lowest BCUT2D eigenvalue weighted by Gasteiger charge is -2.19. The van der Waals surface area contributed by atoms with Crippen molar-refractivity contribution in [2.75, 3.05) is 11.9 Å². The van der Waals surface area contributed by atoms with E-state index in [0.29, 0.717) is 0 Å². The summed E-state index contributed by atoms with van der Waals surface area (Å²) in [5.74, 6) is -0.172. The molecular weight excluding hydrogens is 316 g/mol. The van der Waals surface area contributed by atoms with Crippen molar-refractivity contribution < 1.29 is 14.3 Å². The number of benzene rings is 2. The van der Waals surface area contributed by atoms with Crippen molar-refractivity contribution in [1.82, 2.24) is 5.32 Å². The van der Waals surface area contributed by atoms with E-state index in [1.54, 1.807) is 6.92 Å². The molecule has 0 fully saturated rings. The van der Waals surface area contributed by atoms with Crippen molar-refractivity contribution in [2.24, 2.45) is 0 Å². The van der Waals surface area contributed by atoms with Crippen LogP contribution in [0.15, 0.2) is 48.5 Å². The highest BCUT2D eigenvalue weighted by Gasteiger charge is 2.19. The maximum atomic E-state index is 12.4. The van der Waals surface area contributed by atoms with Crippen LogP contribution in [0.1, 0.15) is 36.1 Å². The smallest absolute Gasteiger partial charge is 0.407 e. The van der Waals surface area contributed by atoms with Crippen LogP contribution in [-0.2, 0) is 9.53 Å². The highest BCUT2D eigenvalue weighted by molar-refractivity contribution is 5.91. The monoisotopic (exact) mass is 340 g/mol. The summed E-state index contributed by atoms with van der Waals surface area (Å²) in [5, 5.41) is 5.63. The molecule has 0 aliphatic heterocycles. The summed E-state index contributed by atoms with van der Waals surface area (Å²) in [6, 6.07) is 14.7. The zero-order chi connectivity index (χ0) is 18.2. The largest absolute Gasteiger partial charge is 0.450 e. The van der Waals surface area contributed by atoms with E-state index < -0.39 is 12.1 Å². The Morgan fingerprint density at radius 3 is 2.40 bits per heavy atom. The normalized spacial score (nSPS) is 11.5. The molecule has 25 heavy (non-hydrogen) atoms. The summed E-state index contributed by atoms with van der Waals surface area (Å²) in [6.45, 7) is 6.04. The first-order valence-corrected chi connectivity index (χ1v) is 8.35. The number of carbonyl (C=O) groups excluding carboxylic acids is 2. The minimum absolute atomic E-state index is 0.121. The third-order valence-corrected chi connectivity index (χ3v) is 3.95. The molecule has 2 amide bonds. The Hall–Kier alpha value is -2.82. The van der Waals surface area contributed by atoms with Crippen molar-refractivity contribution in [3.8, 4) is 0 Å². The van der Waals surface area contributed by atoms with Gasteiger partial charge in [0, 0.05) is 5.69 Å². The van der Waals surface area contributed by atoms with Crippen molar-refractivity contribution >= 4 is 17.7 Å². The van der Waals surface area contributed by atoms with E-state index in [4.69, 9.17) is 4.74 Å². The van der Waals surface area contributed by atoms with Gasteiger partial charge < -0.3 is 15.4 Å². The van der Waals surface area contributed by atoms with Gasteiger partial charge in [0.25, 0.3) is 0 Å². The van der Waals surface area contributed by atoms with Gasteiger partial charge in [-0.25, -0.2) is 4.79 Å². The van der Waals surface area contributed by atoms with Crippen molar-refractivity contribution in [3.63, 3.8) is 0 Å². The maximum absolute atomic E-state index is 12.4. The van der Waals surface area contributed by atoms with Crippen LogP contribution in [0.4, 0.5) is 10.5 Å². The molecule has 0 aliphatic rings. The fourth-order valence-corrected chi connectivity index (χ4v) is 2.47. The fraction of sp³-hybridized carbons (Fsp3) is 0.300. The lowest BCUT2D eigenvalue weighted by molar-refractivity contribution is -0.116. The summed E-state index contributed by atoms with van der Waals surface area (Å²) in [4.78, 5) is 24.2. The van der Waals surface area contributed by atoms with E-state index in [0.717, 1.165) is 16.8 Å². The molecular formula is C20H24N2O3. The Balaban J connectivity index is 2.08. The Kier molecular flexibility index (Phi) is 6.57. The van der Waals surface area contributed by atoms with Gasteiger partial charge in [0.2, 0.25) is 5.91 Å². The third kappa shape index (κ3) is 5.64. The first kappa shape index (κ1) is 18.5. The zero-order valence-electron chi connectivity index (χ0n) is 14.8. The molecule has 0 aliphatic carbocycles. The van der Waals surface area contributed by atoms with E-state index in [1.807, 2.05) is 62.4 Å². The van der Waals surface area contributed by atoms with Crippen LogP contribution >= 0.6 is 0 Å². The number of carbonyl (C=O) groups is 2. The molecule has 5 nitrogen and oxygen atoms in total. The van der Waals surface area contributed by atoms with E-state index >= 15 is 0 Å². The summed E-state index contributed by atoms with van der Waals surface area (Å²) in [6.07, 6.45) is -0.411. The van der Waals surface area contributed by atoms with Gasteiger partial charge in [0.15, 0.2) is 0 Å². The molecule has 0 heterocycles. The molecule has 2 aromatic rings. The van der Waals surface area contributed by atoms with Gasteiger partial charge in [-0.15, -0.1) is 0 Å².